The minimum absolute atomic E-state index is 0.245. The number of hydrogen-bond acceptors (Lipinski definition) is 3. The second-order valence-electron chi connectivity index (χ2n) is 6.44. The standard InChI is InChI=1S/C18H25N3/c1-3-18(2)14-21(11-5-10-20-18)13-15-7-8-17-16(12-15)6-4-9-19-17/h4,6-9,12,20H,3,5,10-11,13-14H2,1-2H3. The van der Waals surface area contributed by atoms with E-state index in [1.54, 1.807) is 0 Å². The van der Waals surface area contributed by atoms with Gasteiger partial charge in [-0.15, -0.1) is 0 Å². The lowest BCUT2D eigenvalue weighted by atomic mass is 9.98. The molecule has 2 heterocycles. The third-order valence-corrected chi connectivity index (χ3v) is 4.63. The zero-order chi connectivity index (χ0) is 14.7. The van der Waals surface area contributed by atoms with Crippen LogP contribution in [0.3, 0.4) is 0 Å². The normalized spacial score (nSPS) is 24.1. The second kappa shape index (κ2) is 6.12. The molecule has 3 nitrogen and oxygen atoms in total. The van der Waals surface area contributed by atoms with Gasteiger partial charge in [0.05, 0.1) is 5.52 Å². The molecule has 2 aromatic rings. The Balaban J connectivity index is 1.77. The molecule has 1 fully saturated rings. The lowest BCUT2D eigenvalue weighted by Gasteiger charge is -2.32. The molecule has 1 aromatic carbocycles. The van der Waals surface area contributed by atoms with Gasteiger partial charge in [-0.25, -0.2) is 0 Å². The van der Waals surface area contributed by atoms with Crippen molar-refractivity contribution >= 4 is 10.9 Å². The number of hydrogen-bond donors (Lipinski definition) is 1. The maximum Gasteiger partial charge on any atom is 0.0702 e. The number of rotatable bonds is 3. The van der Waals surface area contributed by atoms with E-state index in [9.17, 15) is 0 Å². The summed E-state index contributed by atoms with van der Waals surface area (Å²) >= 11 is 0. The lowest BCUT2D eigenvalue weighted by Crippen LogP contribution is -2.48. The smallest absolute Gasteiger partial charge is 0.0702 e. The fourth-order valence-electron chi connectivity index (χ4n) is 3.17. The Labute approximate surface area is 127 Å². The topological polar surface area (TPSA) is 28.2 Å². The first-order valence-electron chi connectivity index (χ1n) is 8.00. The van der Waals surface area contributed by atoms with Crippen molar-refractivity contribution in [2.45, 2.75) is 38.8 Å². The number of fused-ring (bicyclic) bond motifs is 1. The molecule has 112 valence electrons. The van der Waals surface area contributed by atoms with Gasteiger partial charge in [0.2, 0.25) is 0 Å². The van der Waals surface area contributed by atoms with Crippen molar-refractivity contribution in [1.29, 1.82) is 0 Å². The molecule has 1 aliphatic rings. The summed E-state index contributed by atoms with van der Waals surface area (Å²) in [6.45, 7) is 9.07. The van der Waals surface area contributed by atoms with Crippen molar-refractivity contribution in [3.8, 4) is 0 Å². The maximum atomic E-state index is 4.40. The molecular weight excluding hydrogens is 258 g/mol. The zero-order valence-corrected chi connectivity index (χ0v) is 13.1. The Hall–Kier alpha value is -1.45. The monoisotopic (exact) mass is 283 g/mol. The third-order valence-electron chi connectivity index (χ3n) is 4.63. The lowest BCUT2D eigenvalue weighted by molar-refractivity contribution is 0.208. The summed E-state index contributed by atoms with van der Waals surface area (Å²) in [5.74, 6) is 0. The van der Waals surface area contributed by atoms with Crippen LogP contribution in [0.4, 0.5) is 0 Å². The third kappa shape index (κ3) is 3.42. The average Bonchev–Trinajstić information content (AvgIpc) is 2.69. The molecule has 3 heteroatoms. The van der Waals surface area contributed by atoms with Crippen LogP contribution in [-0.4, -0.2) is 35.1 Å². The van der Waals surface area contributed by atoms with E-state index in [0.29, 0.717) is 0 Å². The Morgan fingerprint density at radius 3 is 3.10 bits per heavy atom. The van der Waals surface area contributed by atoms with Gasteiger partial charge in [0.15, 0.2) is 0 Å². The molecule has 1 saturated heterocycles. The van der Waals surface area contributed by atoms with Gasteiger partial charge >= 0.3 is 0 Å². The largest absolute Gasteiger partial charge is 0.310 e. The van der Waals surface area contributed by atoms with Gasteiger partial charge in [-0.3, -0.25) is 9.88 Å². The molecule has 0 amide bonds. The predicted molar refractivity (Wildman–Crippen MR) is 88.3 cm³/mol. The van der Waals surface area contributed by atoms with Crippen LogP contribution in [0.25, 0.3) is 10.9 Å². The highest BCUT2D eigenvalue weighted by atomic mass is 15.2. The van der Waals surface area contributed by atoms with E-state index in [2.05, 4.69) is 53.3 Å². The average molecular weight is 283 g/mol. The van der Waals surface area contributed by atoms with Crippen molar-refractivity contribution in [3.05, 3.63) is 42.1 Å². The highest BCUT2D eigenvalue weighted by molar-refractivity contribution is 5.78. The van der Waals surface area contributed by atoms with Gasteiger partial charge in [-0.2, -0.15) is 0 Å². The fourth-order valence-corrected chi connectivity index (χ4v) is 3.17. The van der Waals surface area contributed by atoms with Gasteiger partial charge < -0.3 is 5.32 Å². The van der Waals surface area contributed by atoms with Gasteiger partial charge in [0.25, 0.3) is 0 Å². The van der Waals surface area contributed by atoms with E-state index in [4.69, 9.17) is 0 Å². The fraction of sp³-hybridized carbons (Fsp3) is 0.500. The highest BCUT2D eigenvalue weighted by Crippen LogP contribution is 2.19. The zero-order valence-electron chi connectivity index (χ0n) is 13.1. The molecule has 1 aromatic heterocycles. The quantitative estimate of drug-likeness (QED) is 0.937. The maximum absolute atomic E-state index is 4.40. The van der Waals surface area contributed by atoms with Crippen LogP contribution in [-0.2, 0) is 6.54 Å². The van der Waals surface area contributed by atoms with E-state index in [0.717, 1.165) is 25.2 Å². The van der Waals surface area contributed by atoms with Crippen LogP contribution in [0.15, 0.2) is 36.5 Å². The molecule has 1 unspecified atom stereocenters. The number of pyridine rings is 1. The van der Waals surface area contributed by atoms with Gasteiger partial charge in [-0.05, 0) is 56.6 Å². The van der Waals surface area contributed by atoms with Crippen LogP contribution in [0.5, 0.6) is 0 Å². The number of nitrogens with one attached hydrogen (secondary N) is 1. The summed E-state index contributed by atoms with van der Waals surface area (Å²) in [4.78, 5) is 6.98. The van der Waals surface area contributed by atoms with E-state index in [1.807, 2.05) is 12.3 Å². The van der Waals surface area contributed by atoms with Crippen molar-refractivity contribution in [2.24, 2.45) is 0 Å². The van der Waals surface area contributed by atoms with Crippen molar-refractivity contribution < 1.29 is 0 Å². The first-order valence-corrected chi connectivity index (χ1v) is 8.00. The second-order valence-corrected chi connectivity index (χ2v) is 6.44. The number of aromatic nitrogens is 1. The number of nitrogens with zero attached hydrogens (tertiary/aromatic N) is 2. The Morgan fingerprint density at radius 1 is 1.33 bits per heavy atom. The molecule has 1 N–H and O–H groups in total. The summed E-state index contributed by atoms with van der Waals surface area (Å²) < 4.78 is 0. The summed E-state index contributed by atoms with van der Waals surface area (Å²) in [5.41, 5.74) is 2.71. The van der Waals surface area contributed by atoms with Crippen LogP contribution in [0.1, 0.15) is 32.3 Å². The molecule has 1 atom stereocenters. The Morgan fingerprint density at radius 2 is 2.24 bits per heavy atom. The van der Waals surface area contributed by atoms with Crippen molar-refractivity contribution in [2.75, 3.05) is 19.6 Å². The van der Waals surface area contributed by atoms with Crippen LogP contribution in [0, 0.1) is 0 Å². The first kappa shape index (κ1) is 14.5. The predicted octanol–water partition coefficient (Wildman–Crippen LogP) is 3.20. The molecule has 0 spiro atoms. The number of benzene rings is 1. The molecule has 0 radical (unpaired) electrons. The summed E-state index contributed by atoms with van der Waals surface area (Å²) in [6.07, 6.45) is 4.25. The first-order chi connectivity index (χ1) is 10.2. The SMILES string of the molecule is CCC1(C)CN(Cc2ccc3ncccc3c2)CCCN1. The Kier molecular flexibility index (Phi) is 4.22. The minimum atomic E-state index is 0.245. The summed E-state index contributed by atoms with van der Waals surface area (Å²) in [7, 11) is 0. The van der Waals surface area contributed by atoms with E-state index in [1.165, 1.54) is 30.3 Å². The molecule has 0 aliphatic carbocycles. The molecule has 21 heavy (non-hydrogen) atoms. The van der Waals surface area contributed by atoms with Crippen LogP contribution in [0.2, 0.25) is 0 Å². The van der Waals surface area contributed by atoms with E-state index in [-0.39, 0.29) is 5.54 Å². The van der Waals surface area contributed by atoms with Crippen LogP contribution < -0.4 is 5.32 Å². The molecule has 1 aliphatic heterocycles. The molecule has 0 saturated carbocycles. The van der Waals surface area contributed by atoms with Gasteiger partial charge in [0, 0.05) is 30.2 Å². The van der Waals surface area contributed by atoms with Gasteiger partial charge in [0.1, 0.15) is 0 Å². The minimum Gasteiger partial charge on any atom is -0.310 e. The van der Waals surface area contributed by atoms with Crippen molar-refractivity contribution in [3.63, 3.8) is 0 Å². The van der Waals surface area contributed by atoms with E-state index < -0.39 is 0 Å². The van der Waals surface area contributed by atoms with E-state index >= 15 is 0 Å². The summed E-state index contributed by atoms with van der Waals surface area (Å²) in [5, 5.41) is 4.94. The van der Waals surface area contributed by atoms with Crippen molar-refractivity contribution in [1.82, 2.24) is 15.2 Å². The molecule has 0 bridgehead atoms. The highest BCUT2D eigenvalue weighted by Gasteiger charge is 2.26. The molecular formula is C18H25N3. The molecule has 3 rings (SSSR count). The van der Waals surface area contributed by atoms with Crippen LogP contribution >= 0.6 is 0 Å². The van der Waals surface area contributed by atoms with Gasteiger partial charge in [-0.1, -0.05) is 19.1 Å². The Bertz CT molecular complexity index is 610. The summed E-state index contributed by atoms with van der Waals surface area (Å²) in [6, 6.07) is 10.8.